The molecule has 0 spiro atoms. The lowest BCUT2D eigenvalue weighted by atomic mass is 9.96. The van der Waals surface area contributed by atoms with E-state index >= 15 is 0 Å². The quantitative estimate of drug-likeness (QED) is 0.886. The predicted molar refractivity (Wildman–Crippen MR) is 65.9 cm³/mol. The second-order valence-corrected chi connectivity index (χ2v) is 4.27. The smallest absolute Gasteiger partial charge is 0.351 e. The summed E-state index contributed by atoms with van der Waals surface area (Å²) < 4.78 is 5.49. The number of hydrogen-bond acceptors (Lipinski definition) is 4. The Bertz CT molecular complexity index is 498. The first-order chi connectivity index (χ1) is 8.57. The number of carbonyl (C=O) groups is 1. The third kappa shape index (κ3) is 2.16. The van der Waals surface area contributed by atoms with E-state index < -0.39 is 11.6 Å². The molecule has 1 heterocycles. The Morgan fingerprint density at radius 3 is 2.89 bits per heavy atom. The first-order valence-corrected chi connectivity index (χ1v) is 5.77. The van der Waals surface area contributed by atoms with Crippen molar-refractivity contribution in [3.8, 4) is 5.75 Å². The maximum atomic E-state index is 11.1. The average Bonchev–Trinajstić information content (AvgIpc) is 2.74. The fraction of sp³-hybridized carbons (Fsp3) is 0.385. The lowest BCUT2D eigenvalue weighted by Gasteiger charge is -2.15. The highest BCUT2D eigenvalue weighted by atomic mass is 16.7. The van der Waals surface area contributed by atoms with Crippen LogP contribution < -0.4 is 4.74 Å². The van der Waals surface area contributed by atoms with Gasteiger partial charge in [-0.05, 0) is 26.0 Å². The number of ether oxygens (including phenoxy) is 1. The summed E-state index contributed by atoms with van der Waals surface area (Å²) >= 11 is 0. The van der Waals surface area contributed by atoms with Gasteiger partial charge in [-0.25, -0.2) is 4.79 Å². The molecule has 2 rings (SSSR count). The largest absolute Gasteiger partial charge is 0.493 e. The minimum Gasteiger partial charge on any atom is -0.493 e. The molecule has 0 saturated carbocycles. The molecule has 1 aromatic carbocycles. The Balaban J connectivity index is 2.27. The SMILES string of the molecule is CCOc1ccccc1C1=NO[C@@](C)(C(=O)O)C1. The van der Waals surface area contributed by atoms with Gasteiger partial charge in [-0.3, -0.25) is 0 Å². The lowest BCUT2D eigenvalue weighted by molar-refractivity contribution is -0.160. The van der Waals surface area contributed by atoms with Crippen molar-refractivity contribution in [2.45, 2.75) is 25.9 Å². The minimum atomic E-state index is -1.28. The fourth-order valence-electron chi connectivity index (χ4n) is 1.79. The number of carboxylic acids is 1. The topological polar surface area (TPSA) is 68.1 Å². The van der Waals surface area contributed by atoms with Crippen LogP contribution in [-0.2, 0) is 9.63 Å². The van der Waals surface area contributed by atoms with Crippen LogP contribution in [0.4, 0.5) is 0 Å². The minimum absolute atomic E-state index is 0.229. The Kier molecular flexibility index (Phi) is 3.23. The number of benzene rings is 1. The van der Waals surface area contributed by atoms with Crippen molar-refractivity contribution in [1.29, 1.82) is 0 Å². The molecule has 1 atom stereocenters. The Hall–Kier alpha value is -2.04. The van der Waals surface area contributed by atoms with Crippen LogP contribution in [0.1, 0.15) is 25.8 Å². The Morgan fingerprint density at radius 2 is 2.28 bits per heavy atom. The zero-order valence-corrected chi connectivity index (χ0v) is 10.3. The normalized spacial score (nSPS) is 22.2. The molecular weight excluding hydrogens is 234 g/mol. The summed E-state index contributed by atoms with van der Waals surface area (Å²) in [6.45, 7) is 3.95. The first kappa shape index (κ1) is 12.4. The molecule has 0 radical (unpaired) electrons. The molecule has 1 aliphatic heterocycles. The van der Waals surface area contributed by atoms with Crippen LogP contribution in [0.3, 0.4) is 0 Å². The summed E-state index contributed by atoms with van der Waals surface area (Å²) in [6, 6.07) is 7.40. The summed E-state index contributed by atoms with van der Waals surface area (Å²) in [5, 5.41) is 13.0. The van der Waals surface area contributed by atoms with Crippen molar-refractivity contribution in [3.63, 3.8) is 0 Å². The number of oxime groups is 1. The van der Waals surface area contributed by atoms with E-state index in [1.54, 1.807) is 0 Å². The molecule has 0 aromatic heterocycles. The van der Waals surface area contributed by atoms with Crippen LogP contribution in [0.25, 0.3) is 0 Å². The van der Waals surface area contributed by atoms with Crippen LogP contribution in [0, 0.1) is 0 Å². The van der Waals surface area contributed by atoms with Crippen LogP contribution >= 0.6 is 0 Å². The second kappa shape index (κ2) is 4.68. The molecule has 0 fully saturated rings. The molecule has 1 aromatic rings. The molecule has 0 aliphatic carbocycles. The van der Waals surface area contributed by atoms with E-state index in [0.717, 1.165) is 5.56 Å². The van der Waals surface area contributed by atoms with E-state index in [4.69, 9.17) is 14.7 Å². The van der Waals surface area contributed by atoms with Gasteiger partial charge in [0.1, 0.15) is 5.75 Å². The van der Waals surface area contributed by atoms with Crippen LogP contribution in [0.15, 0.2) is 29.4 Å². The van der Waals surface area contributed by atoms with Gasteiger partial charge in [-0.1, -0.05) is 17.3 Å². The zero-order valence-electron chi connectivity index (χ0n) is 10.3. The van der Waals surface area contributed by atoms with Crippen molar-refractivity contribution in [1.82, 2.24) is 0 Å². The van der Waals surface area contributed by atoms with Crippen molar-refractivity contribution < 1.29 is 19.5 Å². The molecule has 18 heavy (non-hydrogen) atoms. The molecular formula is C13H15NO4. The molecule has 0 saturated heterocycles. The van der Waals surface area contributed by atoms with Gasteiger partial charge >= 0.3 is 5.97 Å². The molecule has 1 aliphatic rings. The van der Waals surface area contributed by atoms with Gasteiger partial charge in [-0.2, -0.15) is 0 Å². The van der Waals surface area contributed by atoms with Crippen molar-refractivity contribution in [3.05, 3.63) is 29.8 Å². The number of hydrogen-bond donors (Lipinski definition) is 1. The molecule has 96 valence electrons. The van der Waals surface area contributed by atoms with E-state index in [-0.39, 0.29) is 6.42 Å². The van der Waals surface area contributed by atoms with Crippen LogP contribution in [0.2, 0.25) is 0 Å². The number of para-hydroxylation sites is 1. The molecule has 5 heteroatoms. The number of aliphatic carboxylic acids is 1. The third-order valence-corrected chi connectivity index (χ3v) is 2.81. The maximum absolute atomic E-state index is 11.1. The van der Waals surface area contributed by atoms with Gasteiger partial charge < -0.3 is 14.7 Å². The highest BCUT2D eigenvalue weighted by molar-refractivity contribution is 6.06. The van der Waals surface area contributed by atoms with E-state index in [1.807, 2.05) is 31.2 Å². The number of nitrogens with zero attached hydrogens (tertiary/aromatic N) is 1. The van der Waals surface area contributed by atoms with Crippen molar-refractivity contribution >= 4 is 11.7 Å². The summed E-state index contributed by atoms with van der Waals surface area (Å²) in [5.74, 6) is -0.327. The Morgan fingerprint density at radius 1 is 1.56 bits per heavy atom. The summed E-state index contributed by atoms with van der Waals surface area (Å²) in [7, 11) is 0. The molecule has 5 nitrogen and oxygen atoms in total. The molecule has 1 N–H and O–H groups in total. The monoisotopic (exact) mass is 249 g/mol. The van der Waals surface area contributed by atoms with Crippen molar-refractivity contribution in [2.24, 2.45) is 5.16 Å². The standard InChI is InChI=1S/C13H15NO4/c1-3-17-11-7-5-4-6-9(11)10-8-13(2,12(15)16)18-14-10/h4-7H,3,8H2,1-2H3,(H,15,16)/t13-/m1/s1. The molecule has 0 amide bonds. The Labute approximate surface area is 105 Å². The van der Waals surface area contributed by atoms with Crippen molar-refractivity contribution in [2.75, 3.05) is 6.61 Å². The van der Waals surface area contributed by atoms with E-state index in [2.05, 4.69) is 5.16 Å². The highest BCUT2D eigenvalue weighted by Crippen LogP contribution is 2.30. The molecule has 0 unspecified atom stereocenters. The zero-order chi connectivity index (χ0) is 13.2. The summed E-state index contributed by atoms with van der Waals surface area (Å²) in [4.78, 5) is 16.1. The van der Waals surface area contributed by atoms with Crippen LogP contribution in [-0.4, -0.2) is 29.0 Å². The second-order valence-electron chi connectivity index (χ2n) is 4.27. The predicted octanol–water partition coefficient (Wildman–Crippen LogP) is 2.05. The van der Waals surface area contributed by atoms with Gasteiger partial charge in [-0.15, -0.1) is 0 Å². The number of rotatable bonds is 4. The maximum Gasteiger partial charge on any atom is 0.351 e. The lowest BCUT2D eigenvalue weighted by Crippen LogP contribution is -2.35. The van der Waals surface area contributed by atoms with E-state index in [1.165, 1.54) is 6.92 Å². The van der Waals surface area contributed by atoms with Gasteiger partial charge in [0.05, 0.1) is 12.3 Å². The highest BCUT2D eigenvalue weighted by Gasteiger charge is 2.42. The fourth-order valence-corrected chi connectivity index (χ4v) is 1.79. The van der Waals surface area contributed by atoms with Gasteiger partial charge in [0.25, 0.3) is 0 Å². The van der Waals surface area contributed by atoms with Gasteiger partial charge in [0, 0.05) is 12.0 Å². The molecule has 0 bridgehead atoms. The van der Waals surface area contributed by atoms with Gasteiger partial charge in [0.15, 0.2) is 0 Å². The first-order valence-electron chi connectivity index (χ1n) is 5.77. The number of carboxylic acid groups (broad SMARTS) is 1. The summed E-state index contributed by atoms with van der Waals surface area (Å²) in [6.07, 6.45) is 0.229. The van der Waals surface area contributed by atoms with E-state index in [9.17, 15) is 4.79 Å². The summed E-state index contributed by atoms with van der Waals surface area (Å²) in [5.41, 5.74) is 0.0996. The van der Waals surface area contributed by atoms with Crippen LogP contribution in [0.5, 0.6) is 5.75 Å². The average molecular weight is 249 g/mol. The van der Waals surface area contributed by atoms with Gasteiger partial charge in [0.2, 0.25) is 5.60 Å². The third-order valence-electron chi connectivity index (χ3n) is 2.81. The van der Waals surface area contributed by atoms with E-state index in [0.29, 0.717) is 18.1 Å².